The van der Waals surface area contributed by atoms with E-state index >= 15 is 0 Å². The number of para-hydroxylation sites is 1. The number of carbonyl (C=O) groups excluding carboxylic acids is 3. The minimum Gasteiger partial charge on any atom is -0.496 e. The van der Waals surface area contributed by atoms with E-state index in [1.807, 2.05) is 18.2 Å². The van der Waals surface area contributed by atoms with Crippen LogP contribution in [0.4, 0.5) is 0 Å². The summed E-state index contributed by atoms with van der Waals surface area (Å²) in [5, 5.41) is 3.17. The van der Waals surface area contributed by atoms with Gasteiger partial charge in [-0.1, -0.05) is 18.2 Å². The Balaban J connectivity index is 2.14. The van der Waals surface area contributed by atoms with Crippen molar-refractivity contribution in [3.63, 3.8) is 0 Å². The van der Waals surface area contributed by atoms with Gasteiger partial charge in [0.15, 0.2) is 0 Å². The minimum absolute atomic E-state index is 0.305. The zero-order chi connectivity index (χ0) is 17.6. The number of nitrogens with zero attached hydrogens (tertiary/aromatic N) is 1. The maximum Gasteiger partial charge on any atom is 0.326 e. The summed E-state index contributed by atoms with van der Waals surface area (Å²) in [5.74, 6) is -2.13. The monoisotopic (exact) mass is 332 g/mol. The number of carbonyl (C=O) groups is 3. The number of imide groups is 1. The van der Waals surface area contributed by atoms with Gasteiger partial charge in [0, 0.05) is 18.7 Å². The van der Waals surface area contributed by atoms with Crippen LogP contribution in [0.1, 0.15) is 18.5 Å². The van der Waals surface area contributed by atoms with E-state index in [-0.39, 0.29) is 11.8 Å². The Morgan fingerprint density at radius 1 is 1.21 bits per heavy atom. The molecule has 2 amide bonds. The predicted molar refractivity (Wildman–Crippen MR) is 84.0 cm³/mol. The molecule has 4 unspecified atom stereocenters. The van der Waals surface area contributed by atoms with Crippen LogP contribution in [0.25, 0.3) is 0 Å². The van der Waals surface area contributed by atoms with Gasteiger partial charge in [-0.05, 0) is 13.0 Å². The van der Waals surface area contributed by atoms with Crippen LogP contribution in [-0.2, 0) is 19.1 Å². The zero-order valence-electron chi connectivity index (χ0n) is 14.0. The Morgan fingerprint density at radius 2 is 1.88 bits per heavy atom. The molecule has 0 saturated carbocycles. The van der Waals surface area contributed by atoms with E-state index < -0.39 is 29.4 Å². The molecule has 0 aliphatic carbocycles. The summed E-state index contributed by atoms with van der Waals surface area (Å²) in [6, 6.07) is 6.74. The van der Waals surface area contributed by atoms with Gasteiger partial charge in [0.25, 0.3) is 0 Å². The summed E-state index contributed by atoms with van der Waals surface area (Å²) in [6.07, 6.45) is 0. The fraction of sp³-hybridized carbons (Fsp3) is 0.471. The number of likely N-dealkylation sites (tertiary alicyclic amines) is 1. The van der Waals surface area contributed by atoms with Gasteiger partial charge in [-0.2, -0.15) is 0 Å². The van der Waals surface area contributed by atoms with E-state index in [0.29, 0.717) is 5.75 Å². The van der Waals surface area contributed by atoms with Crippen LogP contribution in [0.3, 0.4) is 0 Å². The van der Waals surface area contributed by atoms with Gasteiger partial charge in [0.05, 0.1) is 26.1 Å². The number of rotatable bonds is 3. The Kier molecular flexibility index (Phi) is 3.83. The number of ether oxygens (including phenoxy) is 2. The molecule has 2 heterocycles. The van der Waals surface area contributed by atoms with E-state index in [0.717, 1.165) is 10.5 Å². The number of hydrogen-bond acceptors (Lipinski definition) is 6. The molecule has 128 valence electrons. The van der Waals surface area contributed by atoms with E-state index in [1.165, 1.54) is 14.2 Å². The number of esters is 1. The Hall–Kier alpha value is -2.41. The number of hydrogen-bond donors (Lipinski definition) is 1. The Labute approximate surface area is 139 Å². The van der Waals surface area contributed by atoms with Crippen molar-refractivity contribution in [1.82, 2.24) is 10.2 Å². The van der Waals surface area contributed by atoms with Crippen molar-refractivity contribution in [3.8, 4) is 5.75 Å². The van der Waals surface area contributed by atoms with Crippen LogP contribution in [0.15, 0.2) is 24.3 Å². The second-order valence-corrected chi connectivity index (χ2v) is 6.30. The second kappa shape index (κ2) is 5.59. The van der Waals surface area contributed by atoms with Crippen LogP contribution in [0.5, 0.6) is 5.75 Å². The molecule has 0 radical (unpaired) electrons. The summed E-state index contributed by atoms with van der Waals surface area (Å²) in [5.41, 5.74) is -0.540. The average Bonchev–Trinajstić information content (AvgIpc) is 3.04. The molecule has 1 aromatic rings. The van der Waals surface area contributed by atoms with Crippen molar-refractivity contribution < 1.29 is 23.9 Å². The average molecular weight is 332 g/mol. The molecule has 0 bridgehead atoms. The molecular weight excluding hydrogens is 312 g/mol. The molecule has 3 rings (SSSR count). The fourth-order valence-electron chi connectivity index (χ4n) is 3.87. The smallest absolute Gasteiger partial charge is 0.326 e. The predicted octanol–water partition coefficient (Wildman–Crippen LogP) is 0.502. The molecule has 1 N–H and O–H groups in total. The molecule has 2 saturated heterocycles. The highest BCUT2D eigenvalue weighted by atomic mass is 16.5. The lowest BCUT2D eigenvalue weighted by atomic mass is 9.80. The number of nitrogens with one attached hydrogen (secondary N) is 1. The third-order valence-corrected chi connectivity index (χ3v) is 5.09. The first-order valence-electron chi connectivity index (χ1n) is 7.67. The van der Waals surface area contributed by atoms with Gasteiger partial charge in [0.2, 0.25) is 11.8 Å². The van der Waals surface area contributed by atoms with Crippen molar-refractivity contribution in [2.75, 3.05) is 21.3 Å². The molecule has 7 nitrogen and oxygen atoms in total. The topological polar surface area (TPSA) is 84.9 Å². The summed E-state index contributed by atoms with van der Waals surface area (Å²) in [4.78, 5) is 38.7. The van der Waals surface area contributed by atoms with Crippen molar-refractivity contribution in [3.05, 3.63) is 29.8 Å². The van der Waals surface area contributed by atoms with Gasteiger partial charge in [-0.15, -0.1) is 0 Å². The standard InChI is InChI=1S/C17H20N2O5/c1-17(16(22)24-4)12-11(14(20)19(2)15(12)21)13(18-17)9-7-5-6-8-10(9)23-3/h5-8,11-13,18H,1-4H3. The zero-order valence-corrected chi connectivity index (χ0v) is 14.0. The van der Waals surface area contributed by atoms with Crippen molar-refractivity contribution in [2.45, 2.75) is 18.5 Å². The molecule has 1 aromatic carbocycles. The maximum atomic E-state index is 12.7. The van der Waals surface area contributed by atoms with Crippen LogP contribution in [-0.4, -0.2) is 49.5 Å². The van der Waals surface area contributed by atoms with Crippen molar-refractivity contribution in [1.29, 1.82) is 0 Å². The highest BCUT2D eigenvalue weighted by molar-refractivity contribution is 6.09. The normalized spacial score (nSPS) is 32.0. The van der Waals surface area contributed by atoms with E-state index in [9.17, 15) is 14.4 Å². The summed E-state index contributed by atoms with van der Waals surface area (Å²) >= 11 is 0. The first-order valence-corrected chi connectivity index (χ1v) is 7.67. The highest BCUT2D eigenvalue weighted by Crippen LogP contribution is 2.49. The first kappa shape index (κ1) is 16.4. The van der Waals surface area contributed by atoms with Gasteiger partial charge >= 0.3 is 5.97 Å². The lowest BCUT2D eigenvalue weighted by Gasteiger charge is -2.28. The van der Waals surface area contributed by atoms with E-state index in [1.54, 1.807) is 20.1 Å². The number of fused-ring (bicyclic) bond motifs is 1. The van der Waals surface area contributed by atoms with Crippen molar-refractivity contribution in [2.24, 2.45) is 11.8 Å². The molecule has 2 aliphatic rings. The van der Waals surface area contributed by atoms with Gasteiger partial charge < -0.3 is 9.47 Å². The van der Waals surface area contributed by atoms with Crippen LogP contribution in [0.2, 0.25) is 0 Å². The third-order valence-electron chi connectivity index (χ3n) is 5.09. The summed E-state index contributed by atoms with van der Waals surface area (Å²) < 4.78 is 10.3. The molecular formula is C17H20N2O5. The summed E-state index contributed by atoms with van der Waals surface area (Å²) in [6.45, 7) is 1.61. The lowest BCUT2D eigenvalue weighted by Crippen LogP contribution is -2.53. The Morgan fingerprint density at radius 3 is 2.50 bits per heavy atom. The maximum absolute atomic E-state index is 12.7. The molecule has 0 aromatic heterocycles. The van der Waals surface area contributed by atoms with Gasteiger partial charge in [-0.25, -0.2) is 0 Å². The largest absolute Gasteiger partial charge is 0.496 e. The number of amides is 2. The minimum atomic E-state index is -1.28. The first-order chi connectivity index (χ1) is 11.4. The molecule has 2 fully saturated rings. The molecule has 4 atom stereocenters. The van der Waals surface area contributed by atoms with Crippen LogP contribution < -0.4 is 10.1 Å². The molecule has 24 heavy (non-hydrogen) atoms. The second-order valence-electron chi connectivity index (χ2n) is 6.30. The molecule has 2 aliphatic heterocycles. The third kappa shape index (κ3) is 2.04. The van der Waals surface area contributed by atoms with Crippen molar-refractivity contribution >= 4 is 17.8 Å². The molecule has 7 heteroatoms. The Bertz CT molecular complexity index is 719. The van der Waals surface area contributed by atoms with Gasteiger partial charge in [0.1, 0.15) is 11.3 Å². The van der Waals surface area contributed by atoms with Crippen LogP contribution in [0, 0.1) is 11.8 Å². The SMILES string of the molecule is COC(=O)C1(C)NC(c2ccccc2OC)C2C(=O)N(C)C(=O)C21. The lowest BCUT2D eigenvalue weighted by molar-refractivity contribution is -0.152. The van der Waals surface area contributed by atoms with Crippen LogP contribution >= 0.6 is 0 Å². The van der Waals surface area contributed by atoms with Gasteiger partial charge in [-0.3, -0.25) is 24.6 Å². The van der Waals surface area contributed by atoms with E-state index in [2.05, 4.69) is 5.32 Å². The molecule has 0 spiro atoms. The van der Waals surface area contributed by atoms with E-state index in [4.69, 9.17) is 9.47 Å². The fourth-order valence-corrected chi connectivity index (χ4v) is 3.87. The number of methoxy groups -OCH3 is 2. The quantitative estimate of drug-likeness (QED) is 0.641. The highest BCUT2D eigenvalue weighted by Gasteiger charge is 2.66. The number of benzene rings is 1. The summed E-state index contributed by atoms with van der Waals surface area (Å²) in [7, 11) is 4.25.